The summed E-state index contributed by atoms with van der Waals surface area (Å²) in [6.07, 6.45) is 3.09. The van der Waals surface area contributed by atoms with Crippen molar-refractivity contribution in [3.8, 4) is 11.1 Å². The predicted octanol–water partition coefficient (Wildman–Crippen LogP) is 5.98. The normalized spacial score (nSPS) is 20.9. The first-order valence-electron chi connectivity index (χ1n) is 9.94. The summed E-state index contributed by atoms with van der Waals surface area (Å²) in [5.41, 5.74) is 3.27. The summed E-state index contributed by atoms with van der Waals surface area (Å²) in [5, 5.41) is 0.329. The van der Waals surface area contributed by atoms with Crippen LogP contribution in [0.3, 0.4) is 0 Å². The standard InChI is InChI=1S/C24H22ClFO3/c1-3-14-4-5-15(19-9-8-18(25)12-21(19)26)11-20(14)22-23(28)16-6-7-17(10-16)24(22)29-13(2)27/h4-5,8-9,11-12,16-17H,3,6-7,10H2,1-2H3/t16-,17+/m0/s1. The number of ether oxygens (including phenoxy) is 1. The van der Waals surface area contributed by atoms with Crippen molar-refractivity contribution in [1.82, 2.24) is 0 Å². The highest BCUT2D eigenvalue weighted by Crippen LogP contribution is 2.47. The van der Waals surface area contributed by atoms with E-state index in [1.807, 2.05) is 25.1 Å². The van der Waals surface area contributed by atoms with Crippen molar-refractivity contribution in [2.24, 2.45) is 11.8 Å². The predicted molar refractivity (Wildman–Crippen MR) is 111 cm³/mol. The Morgan fingerprint density at radius 3 is 2.59 bits per heavy atom. The van der Waals surface area contributed by atoms with Gasteiger partial charge in [-0.1, -0.05) is 30.7 Å². The third kappa shape index (κ3) is 3.62. The summed E-state index contributed by atoms with van der Waals surface area (Å²) < 4.78 is 20.1. The van der Waals surface area contributed by atoms with Crippen LogP contribution in [-0.2, 0) is 20.7 Å². The number of halogens is 2. The number of aryl methyl sites for hydroxylation is 1. The molecule has 0 amide bonds. The molecule has 0 unspecified atom stereocenters. The molecule has 2 atom stereocenters. The molecule has 0 saturated heterocycles. The number of Topliss-reactive ketones (excluding diaryl/α,β-unsaturated/α-hetero) is 1. The molecule has 2 aromatic rings. The van der Waals surface area contributed by atoms with E-state index < -0.39 is 11.8 Å². The molecule has 1 saturated carbocycles. The maximum Gasteiger partial charge on any atom is 0.307 e. The Bertz CT molecular complexity index is 1040. The Hall–Kier alpha value is -2.46. The fourth-order valence-corrected chi connectivity index (χ4v) is 4.71. The smallest absolute Gasteiger partial charge is 0.307 e. The number of hydrogen-bond acceptors (Lipinski definition) is 3. The van der Waals surface area contributed by atoms with Crippen LogP contribution < -0.4 is 0 Å². The molecule has 2 aromatic carbocycles. The Labute approximate surface area is 174 Å². The minimum absolute atomic E-state index is 0.0263. The molecule has 0 spiro atoms. The second kappa shape index (κ2) is 7.75. The van der Waals surface area contributed by atoms with E-state index in [1.165, 1.54) is 13.0 Å². The lowest BCUT2D eigenvalue weighted by molar-refractivity contribution is -0.137. The summed E-state index contributed by atoms with van der Waals surface area (Å²) in [7, 11) is 0. The SMILES string of the molecule is CCc1ccc(-c2ccc(Cl)cc2F)cc1C1=C(OC(C)=O)[C@@H]2CC[C@@H](C2)C1=O. The molecular weight excluding hydrogens is 391 g/mol. The zero-order chi connectivity index (χ0) is 20.7. The quantitative estimate of drug-likeness (QED) is 0.580. The van der Waals surface area contributed by atoms with Crippen LogP contribution in [0.1, 0.15) is 44.2 Å². The highest BCUT2D eigenvalue weighted by molar-refractivity contribution is 6.30. The molecule has 0 aliphatic heterocycles. The van der Waals surface area contributed by atoms with Gasteiger partial charge in [-0.05, 0) is 66.6 Å². The van der Waals surface area contributed by atoms with Crippen molar-refractivity contribution in [1.29, 1.82) is 0 Å². The van der Waals surface area contributed by atoms with Gasteiger partial charge >= 0.3 is 5.97 Å². The number of rotatable bonds is 4. The Morgan fingerprint density at radius 1 is 1.14 bits per heavy atom. The summed E-state index contributed by atoms with van der Waals surface area (Å²) in [4.78, 5) is 25.0. The van der Waals surface area contributed by atoms with Crippen LogP contribution in [0.4, 0.5) is 4.39 Å². The minimum atomic E-state index is -0.423. The molecule has 29 heavy (non-hydrogen) atoms. The van der Waals surface area contributed by atoms with Crippen LogP contribution in [-0.4, -0.2) is 11.8 Å². The molecule has 4 rings (SSSR count). The number of esters is 1. The van der Waals surface area contributed by atoms with Gasteiger partial charge in [0.25, 0.3) is 0 Å². The lowest BCUT2D eigenvalue weighted by Crippen LogP contribution is -2.24. The van der Waals surface area contributed by atoms with Gasteiger partial charge in [0.2, 0.25) is 0 Å². The average molecular weight is 413 g/mol. The van der Waals surface area contributed by atoms with Crippen molar-refractivity contribution in [2.75, 3.05) is 0 Å². The molecule has 1 fully saturated rings. The Morgan fingerprint density at radius 2 is 1.90 bits per heavy atom. The van der Waals surface area contributed by atoms with E-state index in [4.69, 9.17) is 16.3 Å². The van der Waals surface area contributed by atoms with Gasteiger partial charge in [-0.25, -0.2) is 4.39 Å². The van der Waals surface area contributed by atoms with Crippen molar-refractivity contribution in [3.63, 3.8) is 0 Å². The molecule has 150 valence electrons. The van der Waals surface area contributed by atoms with Crippen LogP contribution in [0, 0.1) is 17.7 Å². The molecule has 2 bridgehead atoms. The second-order valence-electron chi connectivity index (χ2n) is 7.75. The molecule has 5 heteroatoms. The number of allylic oxidation sites excluding steroid dienone is 2. The van der Waals surface area contributed by atoms with Crippen LogP contribution in [0.2, 0.25) is 5.02 Å². The number of benzene rings is 2. The molecule has 0 aromatic heterocycles. The van der Waals surface area contributed by atoms with Crippen molar-refractivity contribution < 1.29 is 18.7 Å². The number of ketones is 1. The largest absolute Gasteiger partial charge is 0.430 e. The summed E-state index contributed by atoms with van der Waals surface area (Å²) in [5.74, 6) is -0.282. The van der Waals surface area contributed by atoms with E-state index in [2.05, 4.69) is 0 Å². The van der Waals surface area contributed by atoms with Crippen molar-refractivity contribution in [2.45, 2.75) is 39.5 Å². The summed E-state index contributed by atoms with van der Waals surface area (Å²) in [6, 6.07) is 10.2. The highest BCUT2D eigenvalue weighted by atomic mass is 35.5. The molecular formula is C24H22ClFO3. The van der Waals surface area contributed by atoms with E-state index in [0.29, 0.717) is 33.9 Å². The highest BCUT2D eigenvalue weighted by Gasteiger charge is 2.43. The third-order valence-corrected chi connectivity index (χ3v) is 6.16. The first kappa shape index (κ1) is 19.8. The fraction of sp³-hybridized carbons (Fsp3) is 0.333. The van der Waals surface area contributed by atoms with Gasteiger partial charge in [-0.3, -0.25) is 9.59 Å². The minimum Gasteiger partial charge on any atom is -0.430 e. The topological polar surface area (TPSA) is 43.4 Å². The number of fused-ring (bicyclic) bond motifs is 2. The molecule has 0 N–H and O–H groups in total. The first-order chi connectivity index (χ1) is 13.9. The van der Waals surface area contributed by atoms with Crippen LogP contribution in [0.5, 0.6) is 0 Å². The zero-order valence-corrected chi connectivity index (χ0v) is 17.2. The Balaban J connectivity index is 1.92. The van der Waals surface area contributed by atoms with Crippen molar-refractivity contribution >= 4 is 28.9 Å². The maximum absolute atomic E-state index is 14.5. The van der Waals surface area contributed by atoms with Gasteiger partial charge in [-0.15, -0.1) is 0 Å². The van der Waals surface area contributed by atoms with Gasteiger partial charge in [0.15, 0.2) is 5.78 Å². The molecule has 0 radical (unpaired) electrons. The third-order valence-electron chi connectivity index (χ3n) is 5.92. The Kier molecular flexibility index (Phi) is 5.30. The molecule has 0 heterocycles. The van der Waals surface area contributed by atoms with E-state index in [1.54, 1.807) is 12.1 Å². The summed E-state index contributed by atoms with van der Waals surface area (Å²) in [6.45, 7) is 3.37. The maximum atomic E-state index is 14.5. The van der Waals surface area contributed by atoms with Gasteiger partial charge in [-0.2, -0.15) is 0 Å². The number of carbonyl (C=O) groups excluding carboxylic acids is 2. The van der Waals surface area contributed by atoms with Gasteiger partial charge in [0.05, 0.1) is 5.57 Å². The van der Waals surface area contributed by atoms with E-state index in [-0.39, 0.29) is 17.6 Å². The lowest BCUT2D eigenvalue weighted by atomic mass is 9.81. The molecule has 2 aliphatic rings. The van der Waals surface area contributed by atoms with Gasteiger partial charge in [0, 0.05) is 29.3 Å². The summed E-state index contributed by atoms with van der Waals surface area (Å²) >= 11 is 5.89. The first-order valence-corrected chi connectivity index (χ1v) is 10.3. The van der Waals surface area contributed by atoms with E-state index in [9.17, 15) is 14.0 Å². The van der Waals surface area contributed by atoms with Crippen LogP contribution in [0.25, 0.3) is 16.7 Å². The molecule has 2 aliphatic carbocycles. The second-order valence-corrected chi connectivity index (χ2v) is 8.19. The van der Waals surface area contributed by atoms with Crippen LogP contribution >= 0.6 is 11.6 Å². The lowest BCUT2D eigenvalue weighted by Gasteiger charge is -2.26. The average Bonchev–Trinajstić information content (AvgIpc) is 3.12. The fourth-order valence-electron chi connectivity index (χ4n) is 4.55. The monoisotopic (exact) mass is 412 g/mol. The van der Waals surface area contributed by atoms with E-state index in [0.717, 1.165) is 30.4 Å². The van der Waals surface area contributed by atoms with E-state index >= 15 is 0 Å². The number of carbonyl (C=O) groups is 2. The zero-order valence-electron chi connectivity index (χ0n) is 16.4. The van der Waals surface area contributed by atoms with Crippen molar-refractivity contribution in [3.05, 3.63) is 64.1 Å². The van der Waals surface area contributed by atoms with Gasteiger partial charge < -0.3 is 4.74 Å². The number of hydrogen-bond donors (Lipinski definition) is 0. The van der Waals surface area contributed by atoms with Crippen LogP contribution in [0.15, 0.2) is 42.2 Å². The molecule has 3 nitrogen and oxygen atoms in total. The van der Waals surface area contributed by atoms with Gasteiger partial charge in [0.1, 0.15) is 11.6 Å².